The number of aromatic nitrogens is 2. The number of carbonyl (C=O) groups is 2. The van der Waals surface area contributed by atoms with Crippen molar-refractivity contribution in [3.63, 3.8) is 0 Å². The van der Waals surface area contributed by atoms with Crippen molar-refractivity contribution in [3.05, 3.63) is 65.7 Å². The molecule has 3 aromatic rings. The molecule has 1 aliphatic heterocycles. The molecule has 2 aromatic carbocycles. The molecule has 6 nitrogen and oxygen atoms in total. The van der Waals surface area contributed by atoms with E-state index in [1.165, 1.54) is 4.90 Å². The van der Waals surface area contributed by atoms with Crippen LogP contribution in [0, 0.1) is 0 Å². The first-order chi connectivity index (χ1) is 13.6. The molecule has 0 aliphatic carbocycles. The number of aliphatic hydroxyl groups is 1. The minimum Gasteiger partial charge on any atom is -0.396 e. The van der Waals surface area contributed by atoms with Crippen molar-refractivity contribution in [2.45, 2.75) is 25.8 Å². The van der Waals surface area contributed by atoms with E-state index in [4.69, 9.17) is 5.11 Å². The maximum absolute atomic E-state index is 13.0. The van der Waals surface area contributed by atoms with Gasteiger partial charge in [-0.2, -0.15) is 0 Å². The summed E-state index contributed by atoms with van der Waals surface area (Å²) in [7, 11) is 1.96. The average Bonchev–Trinajstić information content (AvgIpc) is 3.12. The zero-order chi connectivity index (χ0) is 19.7. The Hall–Kier alpha value is -2.99. The first-order valence-electron chi connectivity index (χ1n) is 9.63. The number of aryl methyl sites for hydroxylation is 3. The summed E-state index contributed by atoms with van der Waals surface area (Å²) in [6.45, 7) is 1.25. The van der Waals surface area contributed by atoms with Gasteiger partial charge < -0.3 is 5.11 Å². The molecule has 1 aliphatic rings. The molecule has 2 heterocycles. The molecule has 6 heteroatoms. The third-order valence-electron chi connectivity index (χ3n) is 5.31. The highest BCUT2D eigenvalue weighted by atomic mass is 16.3. The van der Waals surface area contributed by atoms with E-state index >= 15 is 0 Å². The van der Waals surface area contributed by atoms with E-state index in [1.54, 1.807) is 6.07 Å². The van der Waals surface area contributed by atoms with Crippen molar-refractivity contribution in [1.29, 1.82) is 0 Å². The second-order valence-electron chi connectivity index (χ2n) is 7.26. The summed E-state index contributed by atoms with van der Waals surface area (Å²) in [4.78, 5) is 27.4. The molecule has 4 rings (SSSR count). The minimum absolute atomic E-state index is 0.119. The lowest BCUT2D eigenvalue weighted by molar-refractivity contribution is -0.671. The molecular formula is C22H24N3O3+. The van der Waals surface area contributed by atoms with Crippen LogP contribution in [0.1, 0.15) is 39.1 Å². The third-order valence-corrected chi connectivity index (χ3v) is 5.31. The number of rotatable bonds is 7. The number of aliphatic hydroxyl groups excluding tert-OH is 1. The zero-order valence-electron chi connectivity index (χ0n) is 16.0. The van der Waals surface area contributed by atoms with E-state index in [1.807, 2.05) is 59.2 Å². The van der Waals surface area contributed by atoms with Gasteiger partial charge in [-0.3, -0.25) is 14.5 Å². The largest absolute Gasteiger partial charge is 0.396 e. The van der Waals surface area contributed by atoms with Crippen molar-refractivity contribution in [1.82, 2.24) is 9.47 Å². The van der Waals surface area contributed by atoms with Crippen LogP contribution in [0.15, 0.2) is 49.1 Å². The Morgan fingerprint density at radius 1 is 1.00 bits per heavy atom. The van der Waals surface area contributed by atoms with Gasteiger partial charge in [0.05, 0.1) is 13.6 Å². The lowest BCUT2D eigenvalue weighted by Crippen LogP contribution is -2.41. The fourth-order valence-electron chi connectivity index (χ4n) is 3.94. The van der Waals surface area contributed by atoms with Crippen LogP contribution in [0.3, 0.4) is 0 Å². The molecule has 144 valence electrons. The lowest BCUT2D eigenvalue weighted by atomic mass is 9.90. The third kappa shape index (κ3) is 3.20. The molecule has 28 heavy (non-hydrogen) atoms. The van der Waals surface area contributed by atoms with Gasteiger partial charge >= 0.3 is 0 Å². The number of amides is 2. The lowest BCUT2D eigenvalue weighted by Gasteiger charge is -2.27. The maximum Gasteiger partial charge on any atom is 0.261 e. The molecule has 2 amide bonds. The van der Waals surface area contributed by atoms with Crippen molar-refractivity contribution in [2.24, 2.45) is 7.05 Å². The fraction of sp³-hybridized carbons (Fsp3) is 0.318. The fourth-order valence-corrected chi connectivity index (χ4v) is 3.94. The van der Waals surface area contributed by atoms with Gasteiger partial charge in [0, 0.05) is 36.1 Å². The summed E-state index contributed by atoms with van der Waals surface area (Å²) >= 11 is 0. The van der Waals surface area contributed by atoms with Crippen LogP contribution in [0.2, 0.25) is 0 Å². The summed E-state index contributed by atoms with van der Waals surface area (Å²) in [5.74, 6) is -0.444. The topological polar surface area (TPSA) is 66.4 Å². The van der Waals surface area contributed by atoms with Gasteiger partial charge in [-0.25, -0.2) is 9.13 Å². The van der Waals surface area contributed by atoms with E-state index in [2.05, 4.69) is 0 Å². The summed E-state index contributed by atoms with van der Waals surface area (Å²) in [5.41, 5.74) is 2.24. The van der Waals surface area contributed by atoms with Gasteiger partial charge in [0.25, 0.3) is 11.8 Å². The van der Waals surface area contributed by atoms with E-state index in [0.717, 1.165) is 29.3 Å². The normalized spacial score (nSPS) is 13.6. The minimum atomic E-state index is -0.222. The first-order valence-corrected chi connectivity index (χ1v) is 9.63. The number of nitrogens with zero attached hydrogens (tertiary/aromatic N) is 3. The molecule has 0 unspecified atom stereocenters. The van der Waals surface area contributed by atoms with Crippen molar-refractivity contribution < 1.29 is 19.3 Å². The second-order valence-corrected chi connectivity index (χ2v) is 7.26. The maximum atomic E-state index is 13.0. The van der Waals surface area contributed by atoms with E-state index in [-0.39, 0.29) is 18.4 Å². The van der Waals surface area contributed by atoms with Crippen molar-refractivity contribution >= 4 is 22.6 Å². The SMILES string of the molecule is C[n+]1ccn(CCCN2C(=O)c3cccc4c(CCCO)ccc(c34)C2=O)c1. The van der Waals surface area contributed by atoms with Gasteiger partial charge in [-0.15, -0.1) is 0 Å². The Balaban J connectivity index is 1.61. The van der Waals surface area contributed by atoms with Crippen LogP contribution in [0.4, 0.5) is 0 Å². The number of hydrogen-bond acceptors (Lipinski definition) is 3. The van der Waals surface area contributed by atoms with E-state index in [0.29, 0.717) is 30.5 Å². The van der Waals surface area contributed by atoms with Crippen molar-refractivity contribution in [3.8, 4) is 0 Å². The number of carbonyl (C=O) groups excluding carboxylic acids is 2. The van der Waals surface area contributed by atoms with Gasteiger partial charge in [-0.1, -0.05) is 18.2 Å². The summed E-state index contributed by atoms with van der Waals surface area (Å²) in [6, 6.07) is 9.40. The summed E-state index contributed by atoms with van der Waals surface area (Å²) in [6.07, 6.45) is 7.99. The Morgan fingerprint density at radius 3 is 2.50 bits per heavy atom. The van der Waals surface area contributed by atoms with E-state index in [9.17, 15) is 9.59 Å². The molecule has 0 saturated carbocycles. The monoisotopic (exact) mass is 378 g/mol. The smallest absolute Gasteiger partial charge is 0.261 e. The van der Waals surface area contributed by atoms with Crippen LogP contribution >= 0.6 is 0 Å². The molecule has 0 saturated heterocycles. The van der Waals surface area contributed by atoms with Gasteiger partial charge in [0.2, 0.25) is 6.33 Å². The number of imidazole rings is 1. The average molecular weight is 378 g/mol. The number of hydrogen-bond donors (Lipinski definition) is 1. The first kappa shape index (κ1) is 18.4. The summed E-state index contributed by atoms with van der Waals surface area (Å²) < 4.78 is 4.00. The van der Waals surface area contributed by atoms with Crippen LogP contribution < -0.4 is 4.57 Å². The molecule has 1 N–H and O–H groups in total. The number of imide groups is 1. The standard InChI is InChI=1S/C22H24N3O3/c1-23-12-13-24(15-23)10-4-11-25-21(27)18-7-2-6-17-16(5-3-14-26)8-9-19(20(17)18)22(25)28/h2,6-9,12-13,15,26H,3-5,10-11,14H2,1H3/q+1. The molecule has 0 spiro atoms. The molecule has 0 bridgehead atoms. The highest BCUT2D eigenvalue weighted by Gasteiger charge is 2.32. The molecule has 0 atom stereocenters. The Labute approximate surface area is 163 Å². The Kier molecular flexibility index (Phi) is 4.96. The highest BCUT2D eigenvalue weighted by molar-refractivity contribution is 6.25. The van der Waals surface area contributed by atoms with Gasteiger partial charge in [-0.05, 0) is 35.9 Å². The highest BCUT2D eigenvalue weighted by Crippen LogP contribution is 2.32. The molecule has 1 aromatic heterocycles. The predicted octanol–water partition coefficient (Wildman–Crippen LogP) is 2.08. The van der Waals surface area contributed by atoms with Crippen LogP contribution in [0.25, 0.3) is 10.8 Å². The Bertz CT molecular complexity index is 1030. The van der Waals surface area contributed by atoms with E-state index < -0.39 is 0 Å². The zero-order valence-corrected chi connectivity index (χ0v) is 16.0. The predicted molar refractivity (Wildman–Crippen MR) is 105 cm³/mol. The van der Waals surface area contributed by atoms with Crippen molar-refractivity contribution in [2.75, 3.05) is 13.2 Å². The molecular weight excluding hydrogens is 354 g/mol. The molecule has 0 fully saturated rings. The second kappa shape index (κ2) is 7.56. The molecule has 0 radical (unpaired) electrons. The summed E-state index contributed by atoms with van der Waals surface area (Å²) in [5, 5.41) is 10.8. The van der Waals surface area contributed by atoms with Gasteiger partial charge in [0.15, 0.2) is 0 Å². The Morgan fingerprint density at radius 2 is 1.79 bits per heavy atom. The number of benzene rings is 2. The van der Waals surface area contributed by atoms with Crippen LogP contribution in [0.5, 0.6) is 0 Å². The van der Waals surface area contributed by atoms with Gasteiger partial charge in [0.1, 0.15) is 12.4 Å². The quantitative estimate of drug-likeness (QED) is 0.506. The van der Waals surface area contributed by atoms with Crippen LogP contribution in [-0.2, 0) is 20.0 Å². The van der Waals surface area contributed by atoms with Crippen LogP contribution in [-0.4, -0.2) is 39.5 Å².